The molecule has 1 N–H and O–H groups in total. The molecule has 0 aromatic heterocycles. The quantitative estimate of drug-likeness (QED) is 0.712. The van der Waals surface area contributed by atoms with Gasteiger partial charge in [0, 0.05) is 10.4 Å². The van der Waals surface area contributed by atoms with E-state index in [1.165, 1.54) is 30.2 Å². The molecule has 1 nitrogen and oxygen atoms in total. The van der Waals surface area contributed by atoms with Crippen LogP contribution in [0.5, 0.6) is 0 Å². The Morgan fingerprint density at radius 1 is 0.870 bits per heavy atom. The molecule has 4 rings (SSSR count). The van der Waals surface area contributed by atoms with Gasteiger partial charge in [0.25, 0.3) is 0 Å². The van der Waals surface area contributed by atoms with Crippen molar-refractivity contribution in [2.75, 3.05) is 13.1 Å². The highest BCUT2D eigenvalue weighted by Crippen LogP contribution is 2.42. The smallest absolute Gasteiger partial charge is 0.0178 e. The van der Waals surface area contributed by atoms with E-state index in [-0.39, 0.29) is 12.4 Å². The van der Waals surface area contributed by atoms with Gasteiger partial charge in [-0.2, -0.15) is 0 Å². The molecule has 23 heavy (non-hydrogen) atoms. The first-order valence-corrected chi connectivity index (χ1v) is 9.19. The van der Waals surface area contributed by atoms with Gasteiger partial charge in [0.15, 0.2) is 0 Å². The number of nitrogens with one attached hydrogen (secondary N) is 1. The minimum atomic E-state index is 0. The summed E-state index contributed by atoms with van der Waals surface area (Å²) in [5, 5.41) is 3.52. The molecule has 1 aliphatic carbocycles. The summed E-state index contributed by atoms with van der Waals surface area (Å²) in [6, 6.07) is 16.0. The molecule has 1 fully saturated rings. The average Bonchev–Trinajstić information content (AvgIpc) is 2.72. The van der Waals surface area contributed by atoms with Crippen LogP contribution in [-0.4, -0.2) is 13.1 Å². The maximum atomic E-state index is 3.70. The lowest BCUT2D eigenvalue weighted by molar-refractivity contribution is 0.342. The van der Waals surface area contributed by atoms with E-state index in [2.05, 4.69) is 63.7 Å². The zero-order chi connectivity index (χ0) is 14.9. The predicted molar refractivity (Wildman–Crippen MR) is 103 cm³/mol. The van der Waals surface area contributed by atoms with Crippen LogP contribution in [-0.2, 0) is 12.8 Å². The number of rotatable bonds is 1. The van der Waals surface area contributed by atoms with Crippen molar-refractivity contribution in [3.63, 3.8) is 0 Å². The molecular formula is C20H23BrClN. The average molecular weight is 393 g/mol. The number of benzene rings is 2. The predicted octanol–water partition coefficient (Wildman–Crippen LogP) is 5.10. The summed E-state index contributed by atoms with van der Waals surface area (Å²) in [5.41, 5.74) is 6.23. The molecule has 0 radical (unpaired) electrons. The highest BCUT2D eigenvalue weighted by Gasteiger charge is 2.31. The van der Waals surface area contributed by atoms with E-state index in [0.29, 0.717) is 5.92 Å². The Labute approximate surface area is 153 Å². The minimum absolute atomic E-state index is 0. The zero-order valence-corrected chi connectivity index (χ0v) is 15.6. The SMILES string of the molecule is Brc1ccc2c(c1)C(C1CCNCC1)c1ccccc1CC2.Cl. The molecule has 1 unspecified atom stereocenters. The van der Waals surface area contributed by atoms with Crippen molar-refractivity contribution in [1.29, 1.82) is 0 Å². The Hall–Kier alpha value is -0.830. The van der Waals surface area contributed by atoms with E-state index in [9.17, 15) is 0 Å². The second-order valence-corrected chi connectivity index (χ2v) is 7.52. The van der Waals surface area contributed by atoms with Crippen LogP contribution in [0.2, 0.25) is 0 Å². The third kappa shape index (κ3) is 3.35. The number of hydrogen-bond acceptors (Lipinski definition) is 1. The first-order chi connectivity index (χ1) is 10.8. The lowest BCUT2D eigenvalue weighted by Crippen LogP contribution is -2.31. The van der Waals surface area contributed by atoms with Crippen LogP contribution in [0.3, 0.4) is 0 Å². The molecule has 122 valence electrons. The van der Waals surface area contributed by atoms with Crippen molar-refractivity contribution in [3.8, 4) is 0 Å². The molecule has 0 amide bonds. The monoisotopic (exact) mass is 391 g/mol. The molecule has 0 saturated carbocycles. The van der Waals surface area contributed by atoms with Gasteiger partial charge in [-0.15, -0.1) is 12.4 Å². The van der Waals surface area contributed by atoms with Gasteiger partial charge in [0.2, 0.25) is 0 Å². The number of fused-ring (bicyclic) bond motifs is 2. The third-order valence-electron chi connectivity index (χ3n) is 5.35. The first-order valence-electron chi connectivity index (χ1n) is 8.40. The maximum Gasteiger partial charge on any atom is 0.0178 e. The second kappa shape index (κ2) is 7.38. The third-order valence-corrected chi connectivity index (χ3v) is 5.85. The molecule has 1 saturated heterocycles. The molecule has 1 heterocycles. The summed E-state index contributed by atoms with van der Waals surface area (Å²) in [7, 11) is 0. The lowest BCUT2D eigenvalue weighted by atomic mass is 9.75. The van der Waals surface area contributed by atoms with Crippen LogP contribution in [0.15, 0.2) is 46.9 Å². The normalized spacial score (nSPS) is 20.8. The maximum absolute atomic E-state index is 3.70. The summed E-state index contributed by atoms with van der Waals surface area (Å²) >= 11 is 3.70. The summed E-state index contributed by atoms with van der Waals surface area (Å²) in [5.74, 6) is 1.32. The number of piperidine rings is 1. The zero-order valence-electron chi connectivity index (χ0n) is 13.2. The van der Waals surface area contributed by atoms with E-state index >= 15 is 0 Å². The van der Waals surface area contributed by atoms with Crippen LogP contribution in [0.1, 0.15) is 41.0 Å². The topological polar surface area (TPSA) is 12.0 Å². The Kier molecular flexibility index (Phi) is 5.45. The highest BCUT2D eigenvalue weighted by molar-refractivity contribution is 9.10. The fourth-order valence-corrected chi connectivity index (χ4v) is 4.65. The molecule has 0 bridgehead atoms. The van der Waals surface area contributed by atoms with Crippen molar-refractivity contribution >= 4 is 28.3 Å². The van der Waals surface area contributed by atoms with Crippen LogP contribution < -0.4 is 5.32 Å². The molecule has 0 spiro atoms. The van der Waals surface area contributed by atoms with Crippen molar-refractivity contribution in [1.82, 2.24) is 5.32 Å². The van der Waals surface area contributed by atoms with Crippen molar-refractivity contribution in [3.05, 3.63) is 69.2 Å². The molecule has 2 aliphatic rings. The van der Waals surface area contributed by atoms with Gasteiger partial charge in [-0.25, -0.2) is 0 Å². The first kappa shape index (κ1) is 17.0. The van der Waals surface area contributed by atoms with Gasteiger partial charge in [-0.1, -0.05) is 46.3 Å². The Morgan fingerprint density at radius 3 is 2.35 bits per heavy atom. The standard InChI is InChI=1S/C20H22BrN.ClH/c21-17-8-7-15-6-5-14-3-1-2-4-18(14)20(19(15)13-17)16-9-11-22-12-10-16;/h1-4,7-8,13,16,20,22H,5-6,9-12H2;1H. The van der Waals surface area contributed by atoms with E-state index in [1.54, 1.807) is 22.3 Å². The van der Waals surface area contributed by atoms with Gasteiger partial charge in [-0.05, 0) is 79.1 Å². The van der Waals surface area contributed by atoms with Gasteiger partial charge >= 0.3 is 0 Å². The van der Waals surface area contributed by atoms with Gasteiger partial charge < -0.3 is 5.32 Å². The number of hydrogen-bond donors (Lipinski definition) is 1. The summed E-state index contributed by atoms with van der Waals surface area (Å²) in [6.45, 7) is 2.32. The van der Waals surface area contributed by atoms with Crippen molar-refractivity contribution in [2.24, 2.45) is 5.92 Å². The van der Waals surface area contributed by atoms with E-state index in [1.807, 2.05) is 0 Å². The van der Waals surface area contributed by atoms with Gasteiger partial charge in [0.05, 0.1) is 0 Å². The lowest BCUT2D eigenvalue weighted by Gasteiger charge is -2.32. The van der Waals surface area contributed by atoms with E-state index < -0.39 is 0 Å². The molecule has 2 aromatic rings. The largest absolute Gasteiger partial charge is 0.317 e. The van der Waals surface area contributed by atoms with E-state index in [4.69, 9.17) is 0 Å². The summed E-state index contributed by atoms with van der Waals surface area (Å²) in [4.78, 5) is 0. The Morgan fingerprint density at radius 2 is 1.57 bits per heavy atom. The van der Waals surface area contributed by atoms with Gasteiger partial charge in [0.1, 0.15) is 0 Å². The molecule has 3 heteroatoms. The molecule has 2 aromatic carbocycles. The van der Waals surface area contributed by atoms with Gasteiger partial charge in [-0.3, -0.25) is 0 Å². The van der Waals surface area contributed by atoms with Crippen LogP contribution in [0, 0.1) is 5.92 Å². The van der Waals surface area contributed by atoms with Crippen molar-refractivity contribution < 1.29 is 0 Å². The number of halogens is 2. The summed E-state index contributed by atoms with van der Waals surface area (Å²) in [6.07, 6.45) is 4.91. The van der Waals surface area contributed by atoms with Crippen LogP contribution in [0.4, 0.5) is 0 Å². The molecular weight excluding hydrogens is 370 g/mol. The molecule has 1 aliphatic heterocycles. The molecule has 1 atom stereocenters. The number of aryl methyl sites for hydroxylation is 2. The van der Waals surface area contributed by atoms with Crippen LogP contribution in [0.25, 0.3) is 0 Å². The second-order valence-electron chi connectivity index (χ2n) is 6.61. The van der Waals surface area contributed by atoms with Crippen molar-refractivity contribution in [2.45, 2.75) is 31.6 Å². The Balaban J connectivity index is 0.00000156. The summed E-state index contributed by atoms with van der Waals surface area (Å²) < 4.78 is 1.21. The fraction of sp³-hybridized carbons (Fsp3) is 0.400. The van der Waals surface area contributed by atoms with E-state index in [0.717, 1.165) is 19.0 Å². The minimum Gasteiger partial charge on any atom is -0.317 e. The highest BCUT2D eigenvalue weighted by atomic mass is 79.9. The fourth-order valence-electron chi connectivity index (χ4n) is 4.27. The van der Waals surface area contributed by atoms with Crippen LogP contribution >= 0.6 is 28.3 Å². The Bertz CT molecular complexity index is 679.